The van der Waals surface area contributed by atoms with E-state index in [9.17, 15) is 9.59 Å². The molecule has 2 aromatic rings. The lowest BCUT2D eigenvalue weighted by atomic mass is 10.0. The second-order valence-electron chi connectivity index (χ2n) is 9.53. The van der Waals surface area contributed by atoms with Crippen molar-refractivity contribution in [2.75, 3.05) is 53.6 Å². The van der Waals surface area contributed by atoms with Gasteiger partial charge in [0.05, 0.1) is 20.3 Å². The van der Waals surface area contributed by atoms with Gasteiger partial charge in [-0.25, -0.2) is 4.99 Å². The van der Waals surface area contributed by atoms with Crippen molar-refractivity contribution in [1.82, 2.24) is 15.5 Å². The van der Waals surface area contributed by atoms with Gasteiger partial charge in [-0.3, -0.25) is 9.59 Å². The SMILES string of the molecule is COCCCOc1cc(C(=O)N(C[C@@H]2CNCC2=NC(=O)CNCc2ccccc2)C(C)C)ccc1OC. The van der Waals surface area contributed by atoms with Crippen molar-refractivity contribution < 1.29 is 23.8 Å². The zero-order valence-electron chi connectivity index (χ0n) is 22.9. The third-order valence-electron chi connectivity index (χ3n) is 6.35. The lowest BCUT2D eigenvalue weighted by Gasteiger charge is -2.30. The van der Waals surface area contributed by atoms with Gasteiger partial charge in [0.1, 0.15) is 0 Å². The van der Waals surface area contributed by atoms with Crippen LogP contribution in [0.4, 0.5) is 0 Å². The molecule has 0 aliphatic carbocycles. The van der Waals surface area contributed by atoms with Crippen LogP contribution in [-0.2, 0) is 16.1 Å². The maximum absolute atomic E-state index is 13.6. The number of hydrogen-bond acceptors (Lipinski definition) is 7. The molecule has 38 heavy (non-hydrogen) atoms. The molecule has 0 saturated carbocycles. The van der Waals surface area contributed by atoms with Gasteiger partial charge in [-0.1, -0.05) is 30.3 Å². The van der Waals surface area contributed by atoms with Crippen molar-refractivity contribution >= 4 is 17.5 Å². The normalized spacial score (nSPS) is 16.1. The predicted octanol–water partition coefficient (Wildman–Crippen LogP) is 2.94. The second kappa shape index (κ2) is 15.2. The number of rotatable bonds is 14. The van der Waals surface area contributed by atoms with Crippen LogP contribution in [0, 0.1) is 5.92 Å². The number of nitrogens with zero attached hydrogens (tertiary/aromatic N) is 2. The third kappa shape index (κ3) is 8.65. The van der Waals surface area contributed by atoms with Crippen LogP contribution in [-0.4, -0.2) is 82.1 Å². The number of nitrogens with one attached hydrogen (secondary N) is 2. The van der Waals surface area contributed by atoms with E-state index in [4.69, 9.17) is 14.2 Å². The Morgan fingerprint density at radius 2 is 1.89 bits per heavy atom. The van der Waals surface area contributed by atoms with Crippen LogP contribution in [0.25, 0.3) is 0 Å². The predicted molar refractivity (Wildman–Crippen MR) is 148 cm³/mol. The first-order valence-corrected chi connectivity index (χ1v) is 13.1. The van der Waals surface area contributed by atoms with Crippen molar-refractivity contribution in [3.63, 3.8) is 0 Å². The average Bonchev–Trinajstić information content (AvgIpc) is 3.36. The van der Waals surface area contributed by atoms with Gasteiger partial charge in [-0.2, -0.15) is 0 Å². The van der Waals surface area contributed by atoms with Crippen LogP contribution in [0.15, 0.2) is 53.5 Å². The van der Waals surface area contributed by atoms with E-state index < -0.39 is 0 Å². The molecule has 1 aliphatic rings. The molecule has 1 heterocycles. The maximum atomic E-state index is 13.6. The van der Waals surface area contributed by atoms with E-state index in [1.807, 2.05) is 49.1 Å². The fourth-order valence-electron chi connectivity index (χ4n) is 4.29. The number of aliphatic imine (C=N–C) groups is 1. The first-order valence-electron chi connectivity index (χ1n) is 13.1. The third-order valence-corrected chi connectivity index (χ3v) is 6.35. The Labute approximate surface area is 225 Å². The Balaban J connectivity index is 1.64. The number of carbonyl (C=O) groups excluding carboxylic acids is 2. The van der Waals surface area contributed by atoms with E-state index >= 15 is 0 Å². The molecule has 9 nitrogen and oxygen atoms in total. The van der Waals surface area contributed by atoms with E-state index in [-0.39, 0.29) is 30.3 Å². The molecule has 1 saturated heterocycles. The quantitative estimate of drug-likeness (QED) is 0.367. The summed E-state index contributed by atoms with van der Waals surface area (Å²) in [6.07, 6.45) is 0.729. The molecular formula is C29H40N4O5. The molecule has 1 fully saturated rings. The molecule has 2 aromatic carbocycles. The molecule has 1 atom stereocenters. The van der Waals surface area contributed by atoms with Crippen LogP contribution in [0.3, 0.4) is 0 Å². The number of methoxy groups -OCH3 is 2. The molecule has 206 valence electrons. The topological polar surface area (TPSA) is 101 Å². The molecule has 0 bridgehead atoms. The van der Waals surface area contributed by atoms with E-state index in [2.05, 4.69) is 15.6 Å². The van der Waals surface area contributed by atoms with E-state index in [1.165, 1.54) is 0 Å². The van der Waals surface area contributed by atoms with Crippen molar-refractivity contribution in [3.8, 4) is 11.5 Å². The van der Waals surface area contributed by atoms with Crippen molar-refractivity contribution in [2.24, 2.45) is 10.9 Å². The summed E-state index contributed by atoms with van der Waals surface area (Å²) < 4.78 is 16.4. The van der Waals surface area contributed by atoms with Crippen LogP contribution in [0.5, 0.6) is 11.5 Å². The van der Waals surface area contributed by atoms with Gasteiger partial charge in [-0.15, -0.1) is 0 Å². The Morgan fingerprint density at radius 3 is 2.61 bits per heavy atom. The number of carbonyl (C=O) groups is 2. The summed E-state index contributed by atoms with van der Waals surface area (Å²) in [6, 6.07) is 15.1. The molecule has 9 heteroatoms. The highest BCUT2D eigenvalue weighted by molar-refractivity contribution is 6.01. The van der Waals surface area contributed by atoms with Crippen LogP contribution in [0.2, 0.25) is 0 Å². The molecular weight excluding hydrogens is 484 g/mol. The van der Waals surface area contributed by atoms with Gasteiger partial charge in [0, 0.05) is 69.6 Å². The van der Waals surface area contributed by atoms with Crippen molar-refractivity contribution in [3.05, 3.63) is 59.7 Å². The summed E-state index contributed by atoms with van der Waals surface area (Å²) in [7, 11) is 3.22. The highest BCUT2D eigenvalue weighted by atomic mass is 16.5. The molecule has 0 unspecified atom stereocenters. The van der Waals surface area contributed by atoms with Gasteiger partial charge in [0.15, 0.2) is 11.5 Å². The fraction of sp³-hybridized carbons (Fsp3) is 0.483. The van der Waals surface area contributed by atoms with Gasteiger partial charge in [0.25, 0.3) is 11.8 Å². The summed E-state index contributed by atoms with van der Waals surface area (Å²) in [5.74, 6) is 0.742. The summed E-state index contributed by atoms with van der Waals surface area (Å²) >= 11 is 0. The molecule has 2 N–H and O–H groups in total. The first-order chi connectivity index (χ1) is 18.4. The molecule has 3 rings (SSSR count). The van der Waals surface area contributed by atoms with Crippen LogP contribution in [0.1, 0.15) is 36.2 Å². The Kier molecular flexibility index (Phi) is 11.7. The number of ether oxygens (including phenoxy) is 3. The minimum absolute atomic E-state index is 0.0394. The van der Waals surface area contributed by atoms with Crippen LogP contribution >= 0.6 is 0 Å². The van der Waals surface area contributed by atoms with Gasteiger partial charge < -0.3 is 29.7 Å². The fourth-order valence-corrected chi connectivity index (χ4v) is 4.29. The van der Waals surface area contributed by atoms with E-state index in [0.29, 0.717) is 56.5 Å². The monoisotopic (exact) mass is 524 g/mol. The lowest BCUT2D eigenvalue weighted by molar-refractivity contribution is -0.117. The lowest BCUT2D eigenvalue weighted by Crippen LogP contribution is -2.42. The van der Waals surface area contributed by atoms with Gasteiger partial charge >= 0.3 is 0 Å². The number of amides is 2. The molecule has 0 radical (unpaired) electrons. The summed E-state index contributed by atoms with van der Waals surface area (Å²) in [5, 5.41) is 6.46. The standard InChI is InChI=1S/C29H40N4O5/c1-21(2)33(29(35)23-11-12-26(37-4)27(15-23)38-14-8-13-36-3)20-24-17-31-18-25(24)32-28(34)19-30-16-22-9-6-5-7-10-22/h5-7,9-12,15,21,24,30-31H,8,13-14,16-20H2,1-4H3/t24-/m0/s1. The minimum atomic E-state index is -0.211. The van der Waals surface area contributed by atoms with Gasteiger partial charge in [0.2, 0.25) is 0 Å². The largest absolute Gasteiger partial charge is 0.493 e. The highest BCUT2D eigenvalue weighted by Gasteiger charge is 2.29. The molecule has 0 aromatic heterocycles. The van der Waals surface area contributed by atoms with E-state index in [0.717, 1.165) is 17.7 Å². The van der Waals surface area contributed by atoms with Gasteiger partial charge in [-0.05, 0) is 37.6 Å². The zero-order valence-corrected chi connectivity index (χ0v) is 22.9. The Morgan fingerprint density at radius 1 is 1.11 bits per heavy atom. The van der Waals surface area contributed by atoms with Crippen molar-refractivity contribution in [1.29, 1.82) is 0 Å². The first kappa shape index (κ1) is 29.3. The summed E-state index contributed by atoms with van der Waals surface area (Å²) in [5.41, 5.74) is 2.42. The second-order valence-corrected chi connectivity index (χ2v) is 9.53. The average molecular weight is 525 g/mol. The molecule has 1 aliphatic heterocycles. The Bertz CT molecular complexity index is 1070. The smallest absolute Gasteiger partial charge is 0.259 e. The van der Waals surface area contributed by atoms with Crippen molar-refractivity contribution in [2.45, 2.75) is 32.9 Å². The molecule has 0 spiro atoms. The summed E-state index contributed by atoms with van der Waals surface area (Å²) in [4.78, 5) is 32.3. The summed E-state index contributed by atoms with van der Waals surface area (Å²) in [6.45, 7) is 7.45. The Hall–Kier alpha value is -3.27. The number of hydrogen-bond donors (Lipinski definition) is 2. The van der Waals surface area contributed by atoms with Crippen LogP contribution < -0.4 is 20.1 Å². The maximum Gasteiger partial charge on any atom is 0.259 e. The van der Waals surface area contributed by atoms with E-state index in [1.54, 1.807) is 32.4 Å². The highest BCUT2D eigenvalue weighted by Crippen LogP contribution is 2.29. The minimum Gasteiger partial charge on any atom is -0.493 e. The zero-order chi connectivity index (χ0) is 27.3. The number of benzene rings is 2. The molecule has 2 amide bonds.